The standard InChI is InChI=1S/C22H28N4O5/c1-5-26(21(29)30-15-16-9-7-6-8-10-16)19(27)23-17-11-13-18(14-12-17)24-25-20(28)31-22(2,3)4/h6-14,24H,5,15H2,1-4H3,(H,23,27)(H,25,28). The van der Waals surface area contributed by atoms with Crippen LogP contribution in [0.4, 0.5) is 25.8 Å². The maximum absolute atomic E-state index is 12.5. The van der Waals surface area contributed by atoms with Gasteiger partial charge < -0.3 is 14.8 Å². The van der Waals surface area contributed by atoms with Gasteiger partial charge in [0.15, 0.2) is 0 Å². The van der Waals surface area contributed by atoms with Gasteiger partial charge in [-0.05, 0) is 57.5 Å². The number of nitrogens with zero attached hydrogens (tertiary/aromatic N) is 1. The van der Waals surface area contributed by atoms with Gasteiger partial charge in [-0.15, -0.1) is 0 Å². The second-order valence-electron chi connectivity index (χ2n) is 7.54. The Morgan fingerprint density at radius 1 is 0.935 bits per heavy atom. The van der Waals surface area contributed by atoms with Crippen molar-refractivity contribution >= 4 is 29.6 Å². The van der Waals surface area contributed by atoms with Gasteiger partial charge in [0.2, 0.25) is 0 Å². The molecule has 2 aromatic carbocycles. The molecule has 2 rings (SSSR count). The molecule has 0 radical (unpaired) electrons. The van der Waals surface area contributed by atoms with E-state index in [4.69, 9.17) is 9.47 Å². The topological polar surface area (TPSA) is 109 Å². The van der Waals surface area contributed by atoms with Crippen LogP contribution >= 0.6 is 0 Å². The number of imide groups is 1. The number of carbonyl (C=O) groups is 3. The first-order chi connectivity index (χ1) is 14.7. The normalized spacial score (nSPS) is 10.6. The Balaban J connectivity index is 1.85. The zero-order valence-corrected chi connectivity index (χ0v) is 18.1. The quantitative estimate of drug-likeness (QED) is 0.574. The van der Waals surface area contributed by atoms with E-state index in [9.17, 15) is 14.4 Å². The smallest absolute Gasteiger partial charge is 0.426 e. The highest BCUT2D eigenvalue weighted by Crippen LogP contribution is 2.14. The van der Waals surface area contributed by atoms with Crippen molar-refractivity contribution in [2.24, 2.45) is 0 Å². The first-order valence-electron chi connectivity index (χ1n) is 9.82. The minimum atomic E-state index is -0.733. The van der Waals surface area contributed by atoms with Crippen molar-refractivity contribution in [2.75, 3.05) is 17.3 Å². The number of nitrogens with one attached hydrogen (secondary N) is 3. The van der Waals surface area contributed by atoms with E-state index >= 15 is 0 Å². The molecule has 4 amide bonds. The van der Waals surface area contributed by atoms with E-state index in [-0.39, 0.29) is 13.2 Å². The summed E-state index contributed by atoms with van der Waals surface area (Å²) in [6.45, 7) is 7.20. The molecule has 9 heteroatoms. The van der Waals surface area contributed by atoms with Gasteiger partial charge in [-0.25, -0.2) is 24.7 Å². The summed E-state index contributed by atoms with van der Waals surface area (Å²) in [5.74, 6) is 0. The van der Waals surface area contributed by atoms with Crippen LogP contribution in [0.2, 0.25) is 0 Å². The van der Waals surface area contributed by atoms with Crippen LogP contribution < -0.4 is 16.2 Å². The van der Waals surface area contributed by atoms with Gasteiger partial charge in [-0.3, -0.25) is 5.43 Å². The van der Waals surface area contributed by atoms with Crippen LogP contribution in [0.5, 0.6) is 0 Å². The molecule has 166 valence electrons. The van der Waals surface area contributed by atoms with E-state index < -0.39 is 23.8 Å². The third-order valence-corrected chi connectivity index (χ3v) is 3.83. The summed E-state index contributed by atoms with van der Waals surface area (Å²) in [5, 5.41) is 2.64. The molecule has 9 nitrogen and oxygen atoms in total. The molecule has 2 aromatic rings. The Bertz CT molecular complexity index is 879. The predicted octanol–water partition coefficient (Wildman–Crippen LogP) is 4.73. The second-order valence-corrected chi connectivity index (χ2v) is 7.54. The van der Waals surface area contributed by atoms with Crippen LogP contribution in [0.15, 0.2) is 54.6 Å². The summed E-state index contributed by atoms with van der Waals surface area (Å²) in [6, 6.07) is 15.2. The lowest BCUT2D eigenvalue weighted by atomic mass is 10.2. The lowest BCUT2D eigenvalue weighted by Crippen LogP contribution is -2.40. The van der Waals surface area contributed by atoms with Gasteiger partial charge in [0.05, 0.1) is 5.69 Å². The highest BCUT2D eigenvalue weighted by Gasteiger charge is 2.21. The summed E-state index contributed by atoms with van der Waals surface area (Å²) in [7, 11) is 0. The summed E-state index contributed by atoms with van der Waals surface area (Å²) in [6.07, 6.45) is -1.35. The summed E-state index contributed by atoms with van der Waals surface area (Å²) >= 11 is 0. The van der Waals surface area contributed by atoms with Crippen LogP contribution in [-0.4, -0.2) is 35.3 Å². The molecule has 0 saturated carbocycles. The number of hydrogen-bond donors (Lipinski definition) is 3. The summed E-state index contributed by atoms with van der Waals surface area (Å²) in [4.78, 5) is 37.3. The van der Waals surface area contributed by atoms with E-state index in [1.807, 2.05) is 30.3 Å². The van der Waals surface area contributed by atoms with Gasteiger partial charge in [0.25, 0.3) is 0 Å². The van der Waals surface area contributed by atoms with Crippen molar-refractivity contribution in [1.29, 1.82) is 0 Å². The van der Waals surface area contributed by atoms with Crippen molar-refractivity contribution in [2.45, 2.75) is 39.9 Å². The summed E-state index contributed by atoms with van der Waals surface area (Å²) < 4.78 is 10.3. The van der Waals surface area contributed by atoms with Crippen LogP contribution in [0.25, 0.3) is 0 Å². The Morgan fingerprint density at radius 2 is 1.55 bits per heavy atom. The van der Waals surface area contributed by atoms with E-state index in [0.717, 1.165) is 10.5 Å². The second kappa shape index (κ2) is 10.9. The molecule has 0 saturated heterocycles. The highest BCUT2D eigenvalue weighted by molar-refractivity contribution is 5.99. The maximum atomic E-state index is 12.5. The molecular weight excluding hydrogens is 400 g/mol. The molecule has 0 aliphatic heterocycles. The zero-order valence-electron chi connectivity index (χ0n) is 18.1. The fourth-order valence-electron chi connectivity index (χ4n) is 2.41. The van der Waals surface area contributed by atoms with E-state index in [2.05, 4.69) is 16.2 Å². The molecule has 0 aromatic heterocycles. The number of benzene rings is 2. The number of hydrogen-bond acceptors (Lipinski definition) is 6. The van der Waals surface area contributed by atoms with Crippen molar-refractivity contribution in [3.8, 4) is 0 Å². The molecule has 3 N–H and O–H groups in total. The molecule has 0 atom stereocenters. The minimum Gasteiger partial charge on any atom is -0.444 e. The Hall–Kier alpha value is -3.75. The average molecular weight is 428 g/mol. The number of anilines is 2. The third kappa shape index (κ3) is 8.25. The van der Waals surface area contributed by atoms with Crippen molar-refractivity contribution < 1.29 is 23.9 Å². The SMILES string of the molecule is CCN(C(=O)Nc1ccc(NNC(=O)OC(C)(C)C)cc1)C(=O)OCc1ccccc1. The van der Waals surface area contributed by atoms with E-state index in [0.29, 0.717) is 11.4 Å². The molecule has 0 bridgehead atoms. The molecule has 0 aliphatic carbocycles. The van der Waals surface area contributed by atoms with Crippen LogP contribution in [0.3, 0.4) is 0 Å². The highest BCUT2D eigenvalue weighted by atomic mass is 16.6. The van der Waals surface area contributed by atoms with Gasteiger partial charge in [0.1, 0.15) is 12.2 Å². The van der Waals surface area contributed by atoms with E-state index in [1.54, 1.807) is 52.0 Å². The molecular formula is C22H28N4O5. The van der Waals surface area contributed by atoms with Crippen LogP contribution in [0.1, 0.15) is 33.3 Å². The first kappa shape index (κ1) is 23.5. The largest absolute Gasteiger partial charge is 0.444 e. The van der Waals surface area contributed by atoms with Gasteiger partial charge >= 0.3 is 18.2 Å². The fourth-order valence-corrected chi connectivity index (χ4v) is 2.41. The lowest BCUT2D eigenvalue weighted by Gasteiger charge is -2.20. The van der Waals surface area contributed by atoms with Crippen molar-refractivity contribution in [3.05, 3.63) is 60.2 Å². The lowest BCUT2D eigenvalue weighted by molar-refractivity contribution is 0.0541. The van der Waals surface area contributed by atoms with Crippen LogP contribution in [-0.2, 0) is 16.1 Å². The number of urea groups is 1. The first-order valence-corrected chi connectivity index (χ1v) is 9.82. The molecule has 0 fully saturated rings. The fraction of sp³-hybridized carbons (Fsp3) is 0.318. The predicted molar refractivity (Wildman–Crippen MR) is 117 cm³/mol. The number of rotatable bonds is 6. The number of carbonyl (C=O) groups excluding carboxylic acids is 3. The monoisotopic (exact) mass is 428 g/mol. The average Bonchev–Trinajstić information content (AvgIpc) is 2.72. The van der Waals surface area contributed by atoms with Crippen molar-refractivity contribution in [1.82, 2.24) is 10.3 Å². The number of ether oxygens (including phenoxy) is 2. The van der Waals surface area contributed by atoms with Gasteiger partial charge in [0, 0.05) is 12.2 Å². The summed E-state index contributed by atoms with van der Waals surface area (Å²) in [5.41, 5.74) is 6.41. The molecule has 31 heavy (non-hydrogen) atoms. The Morgan fingerprint density at radius 3 is 2.13 bits per heavy atom. The molecule has 0 heterocycles. The van der Waals surface area contributed by atoms with E-state index in [1.165, 1.54) is 0 Å². The zero-order chi connectivity index (χ0) is 22.9. The molecule has 0 unspecified atom stereocenters. The Kier molecular flexibility index (Phi) is 8.25. The van der Waals surface area contributed by atoms with Crippen LogP contribution in [0, 0.1) is 0 Å². The van der Waals surface area contributed by atoms with Crippen molar-refractivity contribution in [3.63, 3.8) is 0 Å². The molecule has 0 spiro atoms. The number of amides is 4. The van der Waals surface area contributed by atoms with Gasteiger partial charge in [-0.1, -0.05) is 30.3 Å². The molecule has 0 aliphatic rings. The third-order valence-electron chi connectivity index (χ3n) is 3.83. The maximum Gasteiger partial charge on any atom is 0.426 e. The number of hydrazine groups is 1. The van der Waals surface area contributed by atoms with Gasteiger partial charge in [-0.2, -0.15) is 0 Å². The minimum absolute atomic E-state index is 0.0778. The Labute approximate surface area is 181 Å².